The van der Waals surface area contributed by atoms with Crippen molar-refractivity contribution in [2.45, 2.75) is 33.1 Å². The third-order valence-corrected chi connectivity index (χ3v) is 5.45. The first kappa shape index (κ1) is 24.1. The van der Waals surface area contributed by atoms with Crippen LogP contribution in [-0.2, 0) is 0 Å². The predicted molar refractivity (Wildman–Crippen MR) is 135 cm³/mol. The van der Waals surface area contributed by atoms with Crippen LogP contribution in [0.2, 0.25) is 0 Å². The quantitative estimate of drug-likeness (QED) is 0.275. The van der Waals surface area contributed by atoms with E-state index in [1.807, 2.05) is 30.3 Å². The molecule has 0 aromatic heterocycles. The zero-order valence-electron chi connectivity index (χ0n) is 19.5. The first-order valence-corrected chi connectivity index (χ1v) is 11.6. The zero-order valence-corrected chi connectivity index (χ0v) is 19.5. The lowest BCUT2D eigenvalue weighted by Gasteiger charge is -2.18. The van der Waals surface area contributed by atoms with Gasteiger partial charge in [0.15, 0.2) is 0 Å². The van der Waals surface area contributed by atoms with Gasteiger partial charge >= 0.3 is 0 Å². The summed E-state index contributed by atoms with van der Waals surface area (Å²) in [6, 6.07) is 26.7. The Morgan fingerprint density at radius 1 is 0.848 bits per heavy atom. The van der Waals surface area contributed by atoms with Gasteiger partial charge in [-0.2, -0.15) is 5.26 Å². The van der Waals surface area contributed by atoms with E-state index in [0.29, 0.717) is 31.1 Å². The number of unbranched alkanes of at least 4 members (excludes halogenated alkanes) is 1. The number of nitrogens with two attached hydrogens (primary N) is 1. The first-order valence-electron chi connectivity index (χ1n) is 11.6. The fraction of sp³-hybridized carbons (Fsp3) is 0.276. The molecule has 0 radical (unpaired) electrons. The van der Waals surface area contributed by atoms with Crippen LogP contribution in [0.1, 0.15) is 55.4 Å². The molecule has 0 bridgehead atoms. The normalized spacial score (nSPS) is 11.5. The van der Waals surface area contributed by atoms with Crippen molar-refractivity contribution >= 4 is 11.1 Å². The summed E-state index contributed by atoms with van der Waals surface area (Å²) in [4.78, 5) is 0. The summed E-state index contributed by atoms with van der Waals surface area (Å²) in [5.74, 6) is 1.43. The van der Waals surface area contributed by atoms with E-state index in [4.69, 9.17) is 15.2 Å². The van der Waals surface area contributed by atoms with Gasteiger partial charge in [-0.05, 0) is 64.9 Å². The lowest BCUT2D eigenvalue weighted by Crippen LogP contribution is -2.10. The molecule has 0 aliphatic rings. The minimum absolute atomic E-state index is 0.477. The summed E-state index contributed by atoms with van der Waals surface area (Å²) < 4.78 is 11.5. The Morgan fingerprint density at radius 2 is 1.58 bits per heavy atom. The van der Waals surface area contributed by atoms with E-state index < -0.39 is 0 Å². The molecule has 3 aromatic carbocycles. The molecule has 0 fully saturated rings. The second kappa shape index (κ2) is 12.5. The highest BCUT2D eigenvalue weighted by Gasteiger charge is 2.15. The monoisotopic (exact) mass is 440 g/mol. The highest BCUT2D eigenvalue weighted by Crippen LogP contribution is 2.36. The maximum atomic E-state index is 9.81. The molecule has 0 atom stereocenters. The van der Waals surface area contributed by atoms with Crippen LogP contribution in [0.3, 0.4) is 0 Å². The summed E-state index contributed by atoms with van der Waals surface area (Å²) in [6.45, 7) is 5.86. The molecule has 4 nitrogen and oxygen atoms in total. The third-order valence-electron chi connectivity index (χ3n) is 5.45. The number of rotatable bonds is 11. The molecular weight excluding hydrogens is 408 g/mol. The van der Waals surface area contributed by atoms with E-state index in [1.54, 1.807) is 0 Å². The van der Waals surface area contributed by atoms with E-state index in [0.717, 1.165) is 41.7 Å². The molecule has 0 aliphatic carbocycles. The van der Waals surface area contributed by atoms with Crippen molar-refractivity contribution in [1.29, 1.82) is 5.26 Å². The molecule has 33 heavy (non-hydrogen) atoms. The number of nitriles is 1. The van der Waals surface area contributed by atoms with Crippen LogP contribution in [0.4, 0.5) is 0 Å². The molecule has 2 N–H and O–H groups in total. The van der Waals surface area contributed by atoms with E-state index in [-0.39, 0.29) is 0 Å². The van der Waals surface area contributed by atoms with Crippen LogP contribution in [0.25, 0.3) is 11.1 Å². The molecule has 4 heteroatoms. The fourth-order valence-electron chi connectivity index (χ4n) is 3.80. The summed E-state index contributed by atoms with van der Waals surface area (Å²) in [5, 5.41) is 9.81. The highest BCUT2D eigenvalue weighted by molar-refractivity contribution is 5.98. The average Bonchev–Trinajstić information content (AvgIpc) is 2.87. The lowest BCUT2D eigenvalue weighted by molar-refractivity contribution is 0.308. The van der Waals surface area contributed by atoms with Crippen molar-refractivity contribution in [3.63, 3.8) is 0 Å². The van der Waals surface area contributed by atoms with E-state index in [9.17, 15) is 5.26 Å². The molecule has 0 saturated carbocycles. The van der Waals surface area contributed by atoms with Crippen molar-refractivity contribution in [3.8, 4) is 17.6 Å². The Kier molecular flexibility index (Phi) is 9.11. The smallest absolute Gasteiger partial charge is 0.137 e. The van der Waals surface area contributed by atoms with Crippen molar-refractivity contribution in [1.82, 2.24) is 0 Å². The molecule has 0 aliphatic heterocycles. The Labute approximate surface area is 197 Å². The molecule has 0 unspecified atom stereocenters. The molecule has 3 aromatic rings. The van der Waals surface area contributed by atoms with Gasteiger partial charge in [0, 0.05) is 6.54 Å². The standard InChI is InChI=1S/C29H32N2O2/c1-3-5-18-33-28-16-13-24(20-25(28)21-31)29(27(4-2)22-9-7-6-8-10-22)23-11-14-26(15-12-23)32-19-17-30/h6-16,20H,3-5,17-19,30H2,1-2H3/b29-27+. The van der Waals surface area contributed by atoms with Gasteiger partial charge in [0.05, 0.1) is 12.2 Å². The molecule has 170 valence electrons. The van der Waals surface area contributed by atoms with Crippen molar-refractivity contribution in [2.24, 2.45) is 5.73 Å². The minimum Gasteiger partial charge on any atom is -0.492 e. The Morgan fingerprint density at radius 3 is 2.21 bits per heavy atom. The van der Waals surface area contributed by atoms with Crippen molar-refractivity contribution in [2.75, 3.05) is 19.8 Å². The first-order chi connectivity index (χ1) is 16.2. The number of allylic oxidation sites excluding steroid dienone is 1. The minimum atomic E-state index is 0.477. The van der Waals surface area contributed by atoms with E-state index in [2.05, 4.69) is 62.4 Å². The number of nitrogens with zero attached hydrogens (tertiary/aromatic N) is 1. The molecule has 3 rings (SSSR count). The van der Waals surface area contributed by atoms with Gasteiger partial charge in [-0.15, -0.1) is 0 Å². The van der Waals surface area contributed by atoms with E-state index in [1.165, 1.54) is 11.1 Å². The Balaban J connectivity index is 2.12. The van der Waals surface area contributed by atoms with Crippen LogP contribution < -0.4 is 15.2 Å². The average molecular weight is 441 g/mol. The summed E-state index contributed by atoms with van der Waals surface area (Å²) >= 11 is 0. The van der Waals surface area contributed by atoms with Crippen LogP contribution in [0, 0.1) is 11.3 Å². The number of hydrogen-bond acceptors (Lipinski definition) is 4. The topological polar surface area (TPSA) is 68.3 Å². The number of benzene rings is 3. The highest BCUT2D eigenvalue weighted by atomic mass is 16.5. The lowest BCUT2D eigenvalue weighted by atomic mass is 9.87. The molecule has 0 heterocycles. The summed E-state index contributed by atoms with van der Waals surface area (Å²) in [5.41, 5.74) is 11.7. The van der Waals surface area contributed by atoms with Gasteiger partial charge in [-0.3, -0.25) is 0 Å². The molecular formula is C29H32N2O2. The number of ether oxygens (including phenoxy) is 2. The van der Waals surface area contributed by atoms with Crippen LogP contribution in [0.15, 0.2) is 72.8 Å². The van der Waals surface area contributed by atoms with Crippen molar-refractivity contribution in [3.05, 3.63) is 95.1 Å². The predicted octanol–water partition coefficient (Wildman–Crippen LogP) is 6.44. The fourth-order valence-corrected chi connectivity index (χ4v) is 3.80. The SMILES string of the molecule is CCCCOc1ccc(/C(=C(\CC)c2ccccc2)c2ccc(OCCN)cc2)cc1C#N. The maximum absolute atomic E-state index is 9.81. The van der Waals surface area contributed by atoms with E-state index >= 15 is 0 Å². The molecule has 0 saturated heterocycles. The van der Waals surface area contributed by atoms with Gasteiger partial charge in [-0.1, -0.05) is 68.8 Å². The molecule has 0 amide bonds. The van der Waals surface area contributed by atoms with Gasteiger partial charge < -0.3 is 15.2 Å². The second-order valence-electron chi connectivity index (χ2n) is 7.76. The van der Waals surface area contributed by atoms with Crippen LogP contribution in [-0.4, -0.2) is 19.8 Å². The van der Waals surface area contributed by atoms with Gasteiger partial charge in [0.2, 0.25) is 0 Å². The summed E-state index contributed by atoms with van der Waals surface area (Å²) in [6.07, 6.45) is 2.86. The Hall–Kier alpha value is -3.55. The van der Waals surface area contributed by atoms with Gasteiger partial charge in [0.1, 0.15) is 24.2 Å². The maximum Gasteiger partial charge on any atom is 0.137 e. The third kappa shape index (κ3) is 6.25. The second-order valence-corrected chi connectivity index (χ2v) is 7.76. The largest absolute Gasteiger partial charge is 0.492 e. The number of hydrogen-bond donors (Lipinski definition) is 1. The Bertz CT molecular complexity index is 1100. The van der Waals surface area contributed by atoms with Crippen LogP contribution in [0.5, 0.6) is 11.5 Å². The van der Waals surface area contributed by atoms with Crippen molar-refractivity contribution < 1.29 is 9.47 Å². The van der Waals surface area contributed by atoms with Gasteiger partial charge in [-0.25, -0.2) is 0 Å². The zero-order chi connectivity index (χ0) is 23.5. The van der Waals surface area contributed by atoms with Gasteiger partial charge in [0.25, 0.3) is 0 Å². The molecule has 0 spiro atoms. The summed E-state index contributed by atoms with van der Waals surface area (Å²) in [7, 11) is 0. The van der Waals surface area contributed by atoms with Crippen LogP contribution >= 0.6 is 0 Å².